The van der Waals surface area contributed by atoms with Crippen LogP contribution in [0, 0.1) is 6.92 Å². The molecule has 2 aromatic carbocycles. The number of nitrogens with zero attached hydrogens (tertiary/aromatic N) is 2. The summed E-state index contributed by atoms with van der Waals surface area (Å²) in [7, 11) is 0. The molecule has 2 N–H and O–H groups in total. The zero-order chi connectivity index (χ0) is 22.3. The Balaban J connectivity index is 1.37. The molecule has 0 bridgehead atoms. The number of hydrogen-bond donors (Lipinski definition) is 2. The monoisotopic (exact) mass is 446 g/mol. The quantitative estimate of drug-likeness (QED) is 0.579. The van der Waals surface area contributed by atoms with Gasteiger partial charge in [0.2, 0.25) is 0 Å². The minimum Gasteiger partial charge on any atom is -0.308 e. The van der Waals surface area contributed by atoms with E-state index >= 15 is 0 Å². The average Bonchev–Trinajstić information content (AvgIpc) is 3.60. The average molecular weight is 447 g/mol. The highest BCUT2D eigenvalue weighted by Gasteiger charge is 2.47. The Morgan fingerprint density at radius 3 is 2.69 bits per heavy atom. The molecule has 0 saturated carbocycles. The van der Waals surface area contributed by atoms with Gasteiger partial charge in [-0.3, -0.25) is 9.59 Å². The number of nitrogens with one attached hydrogen (secondary N) is 2. The van der Waals surface area contributed by atoms with E-state index in [-0.39, 0.29) is 17.4 Å². The van der Waals surface area contributed by atoms with Crippen molar-refractivity contribution in [3.05, 3.63) is 88.1 Å². The van der Waals surface area contributed by atoms with Crippen molar-refractivity contribution in [3.8, 4) is 0 Å². The van der Waals surface area contributed by atoms with Crippen molar-refractivity contribution in [1.82, 2.24) is 10.3 Å². The number of halogens is 1. The molecular weight excluding hydrogens is 424 g/mol. The SMILES string of the molecule is Cc1ccccc1C(=O)Nc1ccc(C(=O)N2CCCC3(CN3)c3cc(Cl)ccc32)cn1. The molecule has 162 valence electrons. The van der Waals surface area contributed by atoms with E-state index in [1.54, 1.807) is 18.2 Å². The summed E-state index contributed by atoms with van der Waals surface area (Å²) in [6.45, 7) is 3.42. The second kappa shape index (κ2) is 8.04. The van der Waals surface area contributed by atoms with Crippen molar-refractivity contribution >= 4 is 34.9 Å². The summed E-state index contributed by atoms with van der Waals surface area (Å²) >= 11 is 6.27. The number of anilines is 2. The van der Waals surface area contributed by atoms with Crippen LogP contribution in [0.5, 0.6) is 0 Å². The number of rotatable bonds is 3. The number of carbonyl (C=O) groups excluding carboxylic acids is 2. The molecule has 0 aliphatic carbocycles. The van der Waals surface area contributed by atoms with Crippen molar-refractivity contribution in [2.45, 2.75) is 25.3 Å². The van der Waals surface area contributed by atoms with Crippen LogP contribution in [0.25, 0.3) is 0 Å². The smallest absolute Gasteiger partial charge is 0.259 e. The Bertz CT molecular complexity index is 1200. The van der Waals surface area contributed by atoms with Crippen molar-refractivity contribution < 1.29 is 9.59 Å². The lowest BCUT2D eigenvalue weighted by Gasteiger charge is -2.24. The van der Waals surface area contributed by atoms with Crippen LogP contribution in [0.3, 0.4) is 0 Å². The first-order valence-electron chi connectivity index (χ1n) is 10.7. The molecular formula is C25H23ClN4O2. The molecule has 32 heavy (non-hydrogen) atoms. The van der Waals surface area contributed by atoms with Gasteiger partial charge in [-0.15, -0.1) is 0 Å². The molecule has 2 amide bonds. The van der Waals surface area contributed by atoms with Gasteiger partial charge < -0.3 is 15.5 Å². The van der Waals surface area contributed by atoms with E-state index in [0.29, 0.717) is 28.5 Å². The number of carbonyl (C=O) groups is 2. The highest BCUT2D eigenvalue weighted by Crippen LogP contribution is 2.44. The summed E-state index contributed by atoms with van der Waals surface area (Å²) in [6.07, 6.45) is 3.37. The molecule has 7 heteroatoms. The number of pyridine rings is 1. The first kappa shape index (κ1) is 20.7. The van der Waals surface area contributed by atoms with Gasteiger partial charge in [0.05, 0.1) is 11.1 Å². The molecule has 1 aromatic heterocycles. The number of fused-ring (bicyclic) bond motifs is 2. The van der Waals surface area contributed by atoms with E-state index in [1.807, 2.05) is 48.2 Å². The minimum atomic E-state index is -0.227. The van der Waals surface area contributed by atoms with Crippen molar-refractivity contribution in [3.63, 3.8) is 0 Å². The first-order valence-corrected chi connectivity index (χ1v) is 11.0. The van der Waals surface area contributed by atoms with Crippen LogP contribution in [-0.4, -0.2) is 29.9 Å². The third-order valence-corrected chi connectivity index (χ3v) is 6.48. The van der Waals surface area contributed by atoms with Crippen molar-refractivity contribution in [2.75, 3.05) is 23.3 Å². The van der Waals surface area contributed by atoms with Gasteiger partial charge in [0, 0.05) is 35.6 Å². The fourth-order valence-electron chi connectivity index (χ4n) is 4.37. The van der Waals surface area contributed by atoms with Gasteiger partial charge in [-0.25, -0.2) is 4.98 Å². The largest absolute Gasteiger partial charge is 0.308 e. The molecule has 5 rings (SSSR count). The third kappa shape index (κ3) is 3.76. The Labute approximate surface area is 191 Å². The summed E-state index contributed by atoms with van der Waals surface area (Å²) in [5, 5.41) is 6.93. The Morgan fingerprint density at radius 1 is 1.16 bits per heavy atom. The van der Waals surface area contributed by atoms with Crippen molar-refractivity contribution in [2.24, 2.45) is 0 Å². The van der Waals surface area contributed by atoms with Gasteiger partial charge in [0.15, 0.2) is 0 Å². The minimum absolute atomic E-state index is 0.0722. The van der Waals surface area contributed by atoms with Gasteiger partial charge >= 0.3 is 0 Å². The van der Waals surface area contributed by atoms with Crippen LogP contribution in [0.4, 0.5) is 11.5 Å². The summed E-state index contributed by atoms with van der Waals surface area (Å²) < 4.78 is 0. The van der Waals surface area contributed by atoms with Gasteiger partial charge in [-0.1, -0.05) is 29.8 Å². The molecule has 2 aliphatic rings. The number of amides is 2. The molecule has 6 nitrogen and oxygen atoms in total. The number of aromatic nitrogens is 1. The summed E-state index contributed by atoms with van der Waals surface area (Å²) in [5.74, 6) is 0.0600. The Morgan fingerprint density at radius 2 is 1.97 bits per heavy atom. The molecule has 3 aromatic rings. The lowest BCUT2D eigenvalue weighted by Crippen LogP contribution is -2.32. The third-order valence-electron chi connectivity index (χ3n) is 6.24. The van der Waals surface area contributed by atoms with E-state index in [4.69, 9.17) is 11.6 Å². The van der Waals surface area contributed by atoms with E-state index in [9.17, 15) is 9.59 Å². The fraction of sp³-hybridized carbons (Fsp3) is 0.240. The van der Waals surface area contributed by atoms with Crippen LogP contribution in [0.1, 0.15) is 44.7 Å². The molecule has 1 atom stereocenters. The van der Waals surface area contributed by atoms with Gasteiger partial charge in [-0.2, -0.15) is 0 Å². The van der Waals surface area contributed by atoms with Crippen LogP contribution in [-0.2, 0) is 5.54 Å². The molecule has 3 heterocycles. The second-order valence-corrected chi connectivity index (χ2v) is 8.80. The lowest BCUT2D eigenvalue weighted by atomic mass is 9.94. The lowest BCUT2D eigenvalue weighted by molar-refractivity contribution is 0.0985. The Kier molecular flexibility index (Phi) is 5.19. The highest BCUT2D eigenvalue weighted by molar-refractivity contribution is 6.30. The normalized spacial score (nSPS) is 19.2. The number of aryl methyl sites for hydroxylation is 1. The van der Waals surface area contributed by atoms with E-state index in [1.165, 1.54) is 6.20 Å². The van der Waals surface area contributed by atoms with E-state index < -0.39 is 0 Å². The first-order chi connectivity index (χ1) is 15.5. The van der Waals surface area contributed by atoms with Gasteiger partial charge in [0.1, 0.15) is 5.82 Å². The van der Waals surface area contributed by atoms with E-state index in [2.05, 4.69) is 15.6 Å². The fourth-order valence-corrected chi connectivity index (χ4v) is 4.54. The topological polar surface area (TPSA) is 84.2 Å². The summed E-state index contributed by atoms with van der Waals surface area (Å²) in [4.78, 5) is 32.0. The van der Waals surface area contributed by atoms with Crippen molar-refractivity contribution in [1.29, 1.82) is 0 Å². The predicted molar refractivity (Wildman–Crippen MR) is 125 cm³/mol. The summed E-state index contributed by atoms with van der Waals surface area (Å²) in [5.41, 5.74) is 3.85. The maximum absolute atomic E-state index is 13.4. The second-order valence-electron chi connectivity index (χ2n) is 8.36. The van der Waals surface area contributed by atoms with Crippen LogP contribution >= 0.6 is 11.6 Å². The van der Waals surface area contributed by atoms with Gasteiger partial charge in [-0.05, 0) is 67.3 Å². The predicted octanol–water partition coefficient (Wildman–Crippen LogP) is 4.53. The molecule has 1 fully saturated rings. The van der Waals surface area contributed by atoms with Crippen LogP contribution in [0.2, 0.25) is 5.02 Å². The maximum Gasteiger partial charge on any atom is 0.259 e. The van der Waals surface area contributed by atoms with E-state index in [0.717, 1.165) is 36.2 Å². The molecule has 0 radical (unpaired) electrons. The molecule has 1 saturated heterocycles. The maximum atomic E-state index is 13.4. The molecule has 2 aliphatic heterocycles. The highest BCUT2D eigenvalue weighted by atomic mass is 35.5. The Hall–Kier alpha value is -3.22. The van der Waals surface area contributed by atoms with Crippen LogP contribution < -0.4 is 15.5 Å². The molecule has 1 spiro atoms. The molecule has 1 unspecified atom stereocenters. The van der Waals surface area contributed by atoms with Crippen LogP contribution in [0.15, 0.2) is 60.8 Å². The number of benzene rings is 2. The van der Waals surface area contributed by atoms with Gasteiger partial charge in [0.25, 0.3) is 11.8 Å². The zero-order valence-electron chi connectivity index (χ0n) is 17.7. The zero-order valence-corrected chi connectivity index (χ0v) is 18.4. The summed E-state index contributed by atoms with van der Waals surface area (Å²) in [6, 6.07) is 16.4. The number of hydrogen-bond acceptors (Lipinski definition) is 4. The standard InChI is InChI=1S/C25H23ClN4O2/c1-16-5-2-3-6-19(16)23(31)29-22-10-7-17(14-27-22)24(32)30-12-4-11-25(15-28-25)20-13-18(26)8-9-21(20)30/h2-3,5-10,13-14,28H,4,11-12,15H2,1H3,(H,27,29,31).